The van der Waals surface area contributed by atoms with Crippen LogP contribution >= 0.6 is 11.6 Å². The molecule has 0 aliphatic carbocycles. The summed E-state index contributed by atoms with van der Waals surface area (Å²) in [6, 6.07) is 1.97. The van der Waals surface area contributed by atoms with E-state index in [-0.39, 0.29) is 0 Å². The van der Waals surface area contributed by atoms with Crippen molar-refractivity contribution < 1.29 is 4.74 Å². The first-order chi connectivity index (χ1) is 10.3. The molecular weight excluding hydrogens is 288 g/mol. The van der Waals surface area contributed by atoms with Crippen molar-refractivity contribution in [3.8, 4) is 5.88 Å². The SMILES string of the molecule is Clc1cnccc1N1CCCC(COc2cnccn2)C1. The molecule has 0 spiro atoms. The molecule has 1 saturated heterocycles. The standard InChI is InChI=1S/C15H17ClN4O/c16-13-8-17-4-3-14(13)20-7-1-2-12(10-20)11-21-15-9-18-5-6-19-15/h3-6,8-9,12H,1-2,7,10-11H2. The highest BCUT2D eigenvalue weighted by molar-refractivity contribution is 6.33. The second-order valence-electron chi connectivity index (χ2n) is 5.14. The van der Waals surface area contributed by atoms with Crippen molar-refractivity contribution in [2.24, 2.45) is 5.92 Å². The minimum Gasteiger partial charge on any atom is -0.476 e. The van der Waals surface area contributed by atoms with Crippen LogP contribution in [-0.2, 0) is 0 Å². The van der Waals surface area contributed by atoms with Crippen LogP contribution in [-0.4, -0.2) is 34.6 Å². The molecule has 5 nitrogen and oxygen atoms in total. The number of hydrogen-bond acceptors (Lipinski definition) is 5. The summed E-state index contributed by atoms with van der Waals surface area (Å²) in [7, 11) is 0. The Morgan fingerprint density at radius 2 is 2.14 bits per heavy atom. The lowest BCUT2D eigenvalue weighted by Crippen LogP contribution is -2.38. The van der Waals surface area contributed by atoms with E-state index in [0.29, 0.717) is 23.4 Å². The fourth-order valence-corrected chi connectivity index (χ4v) is 2.85. The maximum atomic E-state index is 6.22. The molecule has 0 radical (unpaired) electrons. The van der Waals surface area contributed by atoms with E-state index in [9.17, 15) is 0 Å². The number of hydrogen-bond donors (Lipinski definition) is 0. The summed E-state index contributed by atoms with van der Waals surface area (Å²) in [5.74, 6) is 1.04. The Kier molecular flexibility index (Phi) is 4.50. The first-order valence-electron chi connectivity index (χ1n) is 7.06. The van der Waals surface area contributed by atoms with Crippen LogP contribution in [0.5, 0.6) is 5.88 Å². The van der Waals surface area contributed by atoms with Crippen molar-refractivity contribution in [1.29, 1.82) is 0 Å². The van der Waals surface area contributed by atoms with E-state index in [1.807, 2.05) is 6.07 Å². The van der Waals surface area contributed by atoms with Crippen LogP contribution in [0.25, 0.3) is 0 Å². The summed E-state index contributed by atoms with van der Waals surface area (Å²) < 4.78 is 5.71. The number of rotatable bonds is 4. The minimum atomic E-state index is 0.463. The van der Waals surface area contributed by atoms with E-state index in [1.165, 1.54) is 0 Å². The molecule has 0 amide bonds. The molecule has 0 bridgehead atoms. The third kappa shape index (κ3) is 3.61. The molecule has 0 aromatic carbocycles. The Hall–Kier alpha value is -1.88. The Bertz CT molecular complexity index is 581. The fraction of sp³-hybridized carbons (Fsp3) is 0.400. The van der Waals surface area contributed by atoms with Gasteiger partial charge >= 0.3 is 0 Å². The predicted molar refractivity (Wildman–Crippen MR) is 81.7 cm³/mol. The smallest absolute Gasteiger partial charge is 0.232 e. The summed E-state index contributed by atoms with van der Waals surface area (Å²) in [6.07, 6.45) is 10.7. The molecule has 110 valence electrons. The summed E-state index contributed by atoms with van der Waals surface area (Å²) in [4.78, 5) is 14.5. The van der Waals surface area contributed by atoms with Gasteiger partial charge in [0, 0.05) is 43.8 Å². The first kappa shape index (κ1) is 14.1. The number of ether oxygens (including phenoxy) is 1. The van der Waals surface area contributed by atoms with E-state index >= 15 is 0 Å². The highest BCUT2D eigenvalue weighted by Gasteiger charge is 2.22. The van der Waals surface area contributed by atoms with Gasteiger partial charge in [-0.3, -0.25) is 9.97 Å². The average Bonchev–Trinajstić information content (AvgIpc) is 2.55. The van der Waals surface area contributed by atoms with E-state index in [1.54, 1.807) is 31.0 Å². The highest BCUT2D eigenvalue weighted by atomic mass is 35.5. The topological polar surface area (TPSA) is 51.1 Å². The number of aromatic nitrogens is 3. The third-order valence-corrected chi connectivity index (χ3v) is 3.91. The summed E-state index contributed by atoms with van der Waals surface area (Å²) >= 11 is 6.22. The van der Waals surface area contributed by atoms with Gasteiger partial charge in [-0.1, -0.05) is 11.6 Å². The number of nitrogens with zero attached hydrogens (tertiary/aromatic N) is 4. The molecule has 3 rings (SSSR count). The largest absolute Gasteiger partial charge is 0.476 e. The zero-order chi connectivity index (χ0) is 14.5. The molecule has 2 aromatic rings. The molecule has 1 unspecified atom stereocenters. The second kappa shape index (κ2) is 6.72. The molecule has 1 aliphatic heterocycles. The predicted octanol–water partition coefficient (Wildman–Crippen LogP) is 2.82. The molecule has 21 heavy (non-hydrogen) atoms. The molecule has 0 N–H and O–H groups in total. The quantitative estimate of drug-likeness (QED) is 0.869. The highest BCUT2D eigenvalue weighted by Crippen LogP contribution is 2.28. The van der Waals surface area contributed by atoms with Crippen molar-refractivity contribution in [1.82, 2.24) is 15.0 Å². The van der Waals surface area contributed by atoms with Gasteiger partial charge in [0.15, 0.2) is 0 Å². The van der Waals surface area contributed by atoms with Crippen molar-refractivity contribution in [3.63, 3.8) is 0 Å². The maximum Gasteiger partial charge on any atom is 0.232 e. The second-order valence-corrected chi connectivity index (χ2v) is 5.54. The number of anilines is 1. The molecular formula is C15H17ClN4O. The van der Waals surface area contributed by atoms with Gasteiger partial charge in [0.2, 0.25) is 5.88 Å². The van der Waals surface area contributed by atoms with Gasteiger partial charge in [-0.15, -0.1) is 0 Å². The monoisotopic (exact) mass is 304 g/mol. The molecule has 1 atom stereocenters. The van der Waals surface area contributed by atoms with Crippen LogP contribution in [0.1, 0.15) is 12.8 Å². The van der Waals surface area contributed by atoms with Gasteiger partial charge in [0.05, 0.1) is 23.5 Å². The normalized spacial score (nSPS) is 18.5. The molecule has 1 fully saturated rings. The van der Waals surface area contributed by atoms with Crippen LogP contribution in [0.4, 0.5) is 5.69 Å². The average molecular weight is 305 g/mol. The lowest BCUT2D eigenvalue weighted by atomic mass is 9.98. The van der Waals surface area contributed by atoms with E-state index in [0.717, 1.165) is 31.6 Å². The third-order valence-electron chi connectivity index (χ3n) is 3.62. The van der Waals surface area contributed by atoms with Gasteiger partial charge < -0.3 is 9.64 Å². The van der Waals surface area contributed by atoms with Crippen molar-refractivity contribution in [3.05, 3.63) is 42.1 Å². The van der Waals surface area contributed by atoms with Crippen LogP contribution in [0.3, 0.4) is 0 Å². The van der Waals surface area contributed by atoms with E-state index < -0.39 is 0 Å². The lowest BCUT2D eigenvalue weighted by molar-refractivity contribution is 0.221. The van der Waals surface area contributed by atoms with Crippen LogP contribution in [0, 0.1) is 5.92 Å². The first-order valence-corrected chi connectivity index (χ1v) is 7.44. The lowest BCUT2D eigenvalue weighted by Gasteiger charge is -2.34. The molecule has 3 heterocycles. The number of piperidine rings is 1. The Morgan fingerprint density at radius 1 is 1.24 bits per heavy atom. The number of pyridine rings is 1. The summed E-state index contributed by atoms with van der Waals surface area (Å²) in [5, 5.41) is 0.702. The van der Waals surface area contributed by atoms with Gasteiger partial charge in [-0.2, -0.15) is 0 Å². The Morgan fingerprint density at radius 3 is 2.95 bits per heavy atom. The van der Waals surface area contributed by atoms with E-state index in [2.05, 4.69) is 19.9 Å². The van der Waals surface area contributed by atoms with Crippen molar-refractivity contribution >= 4 is 17.3 Å². The zero-order valence-electron chi connectivity index (χ0n) is 11.7. The van der Waals surface area contributed by atoms with Crippen LogP contribution < -0.4 is 9.64 Å². The van der Waals surface area contributed by atoms with Crippen LogP contribution in [0.15, 0.2) is 37.1 Å². The Labute approximate surface area is 129 Å². The molecule has 1 aliphatic rings. The fourth-order valence-electron chi connectivity index (χ4n) is 2.61. The minimum absolute atomic E-state index is 0.463. The molecule has 2 aromatic heterocycles. The van der Waals surface area contributed by atoms with Gasteiger partial charge in [-0.25, -0.2) is 4.98 Å². The van der Waals surface area contributed by atoms with Crippen molar-refractivity contribution in [2.45, 2.75) is 12.8 Å². The molecule has 0 saturated carbocycles. The summed E-state index contributed by atoms with van der Waals surface area (Å²) in [6.45, 7) is 2.60. The maximum absolute atomic E-state index is 6.22. The summed E-state index contributed by atoms with van der Waals surface area (Å²) in [5.41, 5.74) is 1.05. The van der Waals surface area contributed by atoms with Crippen molar-refractivity contribution in [2.75, 3.05) is 24.6 Å². The van der Waals surface area contributed by atoms with Crippen LogP contribution in [0.2, 0.25) is 5.02 Å². The number of halogens is 1. The van der Waals surface area contributed by atoms with Gasteiger partial charge in [0.25, 0.3) is 0 Å². The van der Waals surface area contributed by atoms with Gasteiger partial charge in [0.1, 0.15) is 0 Å². The van der Waals surface area contributed by atoms with E-state index in [4.69, 9.17) is 16.3 Å². The molecule has 6 heteroatoms. The Balaban J connectivity index is 1.60. The van der Waals surface area contributed by atoms with Gasteiger partial charge in [-0.05, 0) is 18.9 Å². The zero-order valence-corrected chi connectivity index (χ0v) is 12.4.